The maximum atomic E-state index is 13.3. The van der Waals surface area contributed by atoms with Crippen molar-refractivity contribution in [2.45, 2.75) is 71.3 Å². The first-order valence-corrected chi connectivity index (χ1v) is 12.8. The van der Waals surface area contributed by atoms with E-state index in [9.17, 15) is 4.79 Å². The van der Waals surface area contributed by atoms with E-state index < -0.39 is 0 Å². The molecule has 0 aliphatic carbocycles. The average molecular weight is 442 g/mol. The van der Waals surface area contributed by atoms with Crippen molar-refractivity contribution in [3.8, 4) is 0 Å². The minimum Gasteiger partial charge on any atom is -0.401 e. The molecule has 31 heavy (non-hydrogen) atoms. The zero-order valence-electron chi connectivity index (χ0n) is 19.4. The van der Waals surface area contributed by atoms with Gasteiger partial charge in [-0.2, -0.15) is 0 Å². The summed E-state index contributed by atoms with van der Waals surface area (Å²) in [5.74, 6) is 0.0584. The molecule has 0 atom stereocenters. The lowest BCUT2D eigenvalue weighted by molar-refractivity contribution is -0.128. The van der Waals surface area contributed by atoms with Gasteiger partial charge in [0.15, 0.2) is 0 Å². The summed E-state index contributed by atoms with van der Waals surface area (Å²) in [6.07, 6.45) is 9.70. The van der Waals surface area contributed by atoms with Gasteiger partial charge in [0, 0.05) is 29.7 Å². The number of hydrogen-bond donors (Lipinski definition) is 1. The number of hydrogen-bond acceptors (Lipinski definition) is 4. The Bertz CT molecular complexity index is 766. The van der Waals surface area contributed by atoms with Gasteiger partial charge in [-0.25, -0.2) is 0 Å². The molecule has 0 aromatic heterocycles. The number of aryl methyl sites for hydroxylation is 1. The highest BCUT2D eigenvalue weighted by Gasteiger charge is 2.29. The fraction of sp³-hybridized carbons (Fsp3) is 0.577. The summed E-state index contributed by atoms with van der Waals surface area (Å²) in [4.78, 5) is 19.4. The van der Waals surface area contributed by atoms with E-state index in [2.05, 4.69) is 42.7 Å². The third-order valence-corrected chi connectivity index (χ3v) is 7.68. The molecule has 0 spiro atoms. The van der Waals surface area contributed by atoms with Crippen LogP contribution in [0.2, 0.25) is 0 Å². The van der Waals surface area contributed by atoms with Gasteiger partial charge in [-0.3, -0.25) is 4.79 Å². The zero-order valence-corrected chi connectivity index (χ0v) is 20.2. The summed E-state index contributed by atoms with van der Waals surface area (Å²) < 4.78 is 0. The molecule has 2 N–H and O–H groups in total. The standard InChI is InChI=1S/C26H39N3OS/c1-4-9-22-10-12-23(13-11-22)21(3)31-25(20(2)27)26(30)29-18-14-24(15-19-29)28-16-7-5-6-8-17-28/h10-13,24H,3-9,14-19,27H2,1-2H3/b25-20-. The summed E-state index contributed by atoms with van der Waals surface area (Å²) in [5, 5.41) is 0. The fourth-order valence-electron chi connectivity index (χ4n) is 4.66. The highest BCUT2D eigenvalue weighted by molar-refractivity contribution is 8.12. The Morgan fingerprint density at radius 2 is 1.68 bits per heavy atom. The van der Waals surface area contributed by atoms with Crippen molar-refractivity contribution in [1.29, 1.82) is 0 Å². The van der Waals surface area contributed by atoms with Gasteiger partial charge in [-0.05, 0) is 63.2 Å². The molecule has 4 nitrogen and oxygen atoms in total. The number of amides is 1. The van der Waals surface area contributed by atoms with Crippen LogP contribution in [0.5, 0.6) is 0 Å². The molecule has 2 fully saturated rings. The van der Waals surface area contributed by atoms with E-state index in [1.807, 2.05) is 11.8 Å². The number of carbonyl (C=O) groups excluding carboxylic acids is 1. The van der Waals surface area contributed by atoms with Crippen molar-refractivity contribution in [2.75, 3.05) is 26.2 Å². The van der Waals surface area contributed by atoms with Crippen LogP contribution in [0.4, 0.5) is 0 Å². The Labute approximate surface area is 192 Å². The second kappa shape index (κ2) is 11.8. The molecule has 5 heteroatoms. The Kier molecular flexibility index (Phi) is 9.09. The molecule has 0 unspecified atom stereocenters. The van der Waals surface area contributed by atoms with Gasteiger partial charge in [-0.1, -0.05) is 68.8 Å². The third-order valence-electron chi connectivity index (χ3n) is 6.50. The molecule has 1 aromatic rings. The molecule has 1 amide bonds. The maximum Gasteiger partial charge on any atom is 0.262 e. The number of nitrogens with zero attached hydrogens (tertiary/aromatic N) is 2. The number of benzene rings is 1. The van der Waals surface area contributed by atoms with Crippen LogP contribution < -0.4 is 5.73 Å². The van der Waals surface area contributed by atoms with Crippen LogP contribution in [-0.4, -0.2) is 47.9 Å². The lowest BCUT2D eigenvalue weighted by Crippen LogP contribution is -2.47. The number of rotatable bonds is 7. The van der Waals surface area contributed by atoms with Crippen LogP contribution in [0, 0.1) is 0 Å². The Morgan fingerprint density at radius 3 is 2.23 bits per heavy atom. The Balaban J connectivity index is 1.58. The van der Waals surface area contributed by atoms with Gasteiger partial charge >= 0.3 is 0 Å². The molecule has 170 valence electrons. The molecular formula is C26H39N3OS. The SMILES string of the molecule is C=C(S/C(C(=O)N1CCC(N2CCCCCC2)CC1)=C(/C)N)c1ccc(CCC)cc1. The number of carbonyl (C=O) groups is 1. The lowest BCUT2D eigenvalue weighted by atomic mass is 10.0. The van der Waals surface area contributed by atoms with Gasteiger partial charge in [0.1, 0.15) is 0 Å². The smallest absolute Gasteiger partial charge is 0.262 e. The molecule has 0 radical (unpaired) electrons. The summed E-state index contributed by atoms with van der Waals surface area (Å²) >= 11 is 1.42. The molecule has 2 aliphatic rings. The molecule has 2 aliphatic heterocycles. The van der Waals surface area contributed by atoms with Gasteiger partial charge in [-0.15, -0.1) is 0 Å². The second-order valence-corrected chi connectivity index (χ2v) is 10.1. The quantitative estimate of drug-likeness (QED) is 0.576. The van der Waals surface area contributed by atoms with Crippen molar-refractivity contribution in [2.24, 2.45) is 5.73 Å². The lowest BCUT2D eigenvalue weighted by Gasteiger charge is -2.38. The van der Waals surface area contributed by atoms with Crippen LogP contribution in [0.3, 0.4) is 0 Å². The monoisotopic (exact) mass is 441 g/mol. The average Bonchev–Trinajstić information content (AvgIpc) is 3.07. The van der Waals surface area contributed by atoms with E-state index in [-0.39, 0.29) is 5.91 Å². The van der Waals surface area contributed by atoms with Crippen molar-refractivity contribution >= 4 is 22.6 Å². The van der Waals surface area contributed by atoms with Crippen LogP contribution in [0.15, 0.2) is 41.4 Å². The van der Waals surface area contributed by atoms with Crippen molar-refractivity contribution < 1.29 is 4.79 Å². The van der Waals surface area contributed by atoms with Crippen molar-refractivity contribution in [1.82, 2.24) is 9.80 Å². The highest BCUT2D eigenvalue weighted by Crippen LogP contribution is 2.35. The zero-order chi connectivity index (χ0) is 22.2. The topological polar surface area (TPSA) is 49.6 Å². The van der Waals surface area contributed by atoms with Gasteiger partial charge in [0.2, 0.25) is 0 Å². The summed E-state index contributed by atoms with van der Waals surface area (Å²) in [6, 6.07) is 9.12. The first-order valence-electron chi connectivity index (χ1n) is 11.9. The molecule has 0 saturated carbocycles. The highest BCUT2D eigenvalue weighted by atomic mass is 32.2. The first kappa shape index (κ1) is 23.9. The number of likely N-dealkylation sites (tertiary alicyclic amines) is 2. The predicted octanol–water partition coefficient (Wildman–Crippen LogP) is 5.40. The van der Waals surface area contributed by atoms with E-state index in [1.54, 1.807) is 0 Å². The minimum absolute atomic E-state index is 0.0584. The summed E-state index contributed by atoms with van der Waals surface area (Å²) in [7, 11) is 0. The first-order chi connectivity index (χ1) is 15.0. The fourth-order valence-corrected chi connectivity index (χ4v) is 5.54. The van der Waals surface area contributed by atoms with Crippen molar-refractivity contribution in [3.05, 3.63) is 52.6 Å². The number of allylic oxidation sites excluding steroid dienone is 1. The molecule has 3 rings (SSSR count). The van der Waals surface area contributed by atoms with Crippen LogP contribution >= 0.6 is 11.8 Å². The van der Waals surface area contributed by atoms with E-state index in [1.165, 1.54) is 56.1 Å². The van der Waals surface area contributed by atoms with Crippen molar-refractivity contribution in [3.63, 3.8) is 0 Å². The Hall–Kier alpha value is -1.72. The normalized spacial score (nSPS) is 19.6. The van der Waals surface area contributed by atoms with Crippen LogP contribution in [-0.2, 0) is 11.2 Å². The van der Waals surface area contributed by atoms with E-state index >= 15 is 0 Å². The predicted molar refractivity (Wildman–Crippen MR) is 134 cm³/mol. The maximum absolute atomic E-state index is 13.3. The third kappa shape index (κ3) is 6.63. The van der Waals surface area contributed by atoms with E-state index in [4.69, 9.17) is 5.73 Å². The van der Waals surface area contributed by atoms with E-state index in [0.29, 0.717) is 16.6 Å². The minimum atomic E-state index is 0.0584. The molecule has 2 heterocycles. The largest absolute Gasteiger partial charge is 0.401 e. The molecule has 1 aromatic carbocycles. The summed E-state index contributed by atoms with van der Waals surface area (Å²) in [5.41, 5.74) is 9.12. The van der Waals surface area contributed by atoms with Crippen LogP contribution in [0.25, 0.3) is 4.91 Å². The summed E-state index contributed by atoms with van der Waals surface area (Å²) in [6.45, 7) is 12.3. The van der Waals surface area contributed by atoms with E-state index in [0.717, 1.165) is 49.2 Å². The molecule has 0 bridgehead atoms. The number of nitrogens with two attached hydrogens (primary N) is 1. The van der Waals surface area contributed by atoms with Gasteiger partial charge < -0.3 is 15.5 Å². The second-order valence-electron chi connectivity index (χ2n) is 8.96. The number of piperidine rings is 1. The Morgan fingerprint density at radius 1 is 1.06 bits per heavy atom. The van der Waals surface area contributed by atoms with Gasteiger partial charge in [0.25, 0.3) is 5.91 Å². The molecular weight excluding hydrogens is 402 g/mol. The van der Waals surface area contributed by atoms with Crippen LogP contribution in [0.1, 0.15) is 69.9 Å². The van der Waals surface area contributed by atoms with Gasteiger partial charge in [0.05, 0.1) is 4.91 Å². The molecule has 2 saturated heterocycles. The number of thioether (sulfide) groups is 1.